The van der Waals surface area contributed by atoms with E-state index in [0.29, 0.717) is 22.2 Å². The summed E-state index contributed by atoms with van der Waals surface area (Å²) in [5, 5.41) is 1.97. The van der Waals surface area contributed by atoms with Crippen molar-refractivity contribution in [3.63, 3.8) is 0 Å². The molecule has 1 saturated carbocycles. The van der Waals surface area contributed by atoms with Crippen LogP contribution in [0.15, 0.2) is 29.2 Å². The predicted octanol–water partition coefficient (Wildman–Crippen LogP) is 3.12. The van der Waals surface area contributed by atoms with Crippen LogP contribution in [-0.4, -0.2) is 60.2 Å². The Morgan fingerprint density at radius 3 is 2.58 bits per heavy atom. The molecule has 0 unspecified atom stereocenters. The number of hydrogen-bond acceptors (Lipinski definition) is 4. The maximum atomic E-state index is 11.9. The molecule has 0 atom stereocenters. The van der Waals surface area contributed by atoms with Crippen molar-refractivity contribution in [2.24, 2.45) is 0 Å². The van der Waals surface area contributed by atoms with E-state index in [1.807, 2.05) is 12.1 Å². The number of aromatic nitrogens is 1. The zero-order valence-electron chi connectivity index (χ0n) is 15.2. The van der Waals surface area contributed by atoms with Crippen LogP contribution in [0, 0.1) is 0 Å². The lowest BCUT2D eigenvalue weighted by molar-refractivity contribution is 0.0586. The molecule has 0 spiro atoms. The van der Waals surface area contributed by atoms with Crippen LogP contribution in [0.4, 0.5) is 0 Å². The Bertz CT molecular complexity index is 821. The molecule has 5 nitrogen and oxygen atoms in total. The van der Waals surface area contributed by atoms with E-state index in [0.717, 1.165) is 18.2 Å². The van der Waals surface area contributed by atoms with E-state index in [4.69, 9.17) is 16.3 Å². The van der Waals surface area contributed by atoms with Crippen LogP contribution in [0.1, 0.15) is 25.7 Å². The van der Waals surface area contributed by atoms with Gasteiger partial charge in [-0.15, -0.1) is 0 Å². The number of hydrogen-bond donors (Lipinski definition) is 1. The summed E-state index contributed by atoms with van der Waals surface area (Å²) in [6.07, 6.45) is 6.33. The zero-order chi connectivity index (χ0) is 18.1. The summed E-state index contributed by atoms with van der Waals surface area (Å²) in [6, 6.07) is 6.17. The molecule has 26 heavy (non-hydrogen) atoms. The van der Waals surface area contributed by atoms with E-state index >= 15 is 0 Å². The Balaban J connectivity index is 1.39. The molecule has 2 aliphatic rings. The molecule has 4 rings (SSSR count). The maximum absolute atomic E-state index is 11.9. The number of halogens is 1. The number of pyridine rings is 1. The number of aromatic amines is 1. The summed E-state index contributed by atoms with van der Waals surface area (Å²) in [4.78, 5) is 19.6. The molecule has 1 aromatic heterocycles. The zero-order valence-corrected chi connectivity index (χ0v) is 16.0. The molecule has 1 N–H and O–H groups in total. The van der Waals surface area contributed by atoms with E-state index in [1.54, 1.807) is 12.3 Å². The van der Waals surface area contributed by atoms with Crippen molar-refractivity contribution in [1.29, 1.82) is 0 Å². The second kappa shape index (κ2) is 7.59. The molecule has 1 aliphatic heterocycles. The van der Waals surface area contributed by atoms with Crippen molar-refractivity contribution in [1.82, 2.24) is 14.8 Å². The Hall–Kier alpha value is -1.56. The lowest BCUT2D eigenvalue weighted by Crippen LogP contribution is -2.50. The SMILES string of the molecule is CN1CCN([C@H]2CC[C@H](Oc3cc4cc[nH]c(=O)c4cc3Cl)CC2)CC1. The number of piperazine rings is 1. The van der Waals surface area contributed by atoms with Crippen molar-refractivity contribution in [3.8, 4) is 5.75 Å². The molecule has 0 radical (unpaired) electrons. The third-order valence-corrected chi connectivity index (χ3v) is 6.11. The van der Waals surface area contributed by atoms with Crippen LogP contribution < -0.4 is 10.3 Å². The minimum absolute atomic E-state index is 0.122. The van der Waals surface area contributed by atoms with Crippen LogP contribution in [0.2, 0.25) is 5.02 Å². The fourth-order valence-corrected chi connectivity index (χ4v) is 4.38. The molecule has 140 valence electrons. The van der Waals surface area contributed by atoms with E-state index in [2.05, 4.69) is 21.8 Å². The van der Waals surface area contributed by atoms with E-state index in [-0.39, 0.29) is 11.7 Å². The first-order valence-electron chi connectivity index (χ1n) is 9.50. The Morgan fingerprint density at radius 1 is 1.12 bits per heavy atom. The highest BCUT2D eigenvalue weighted by Crippen LogP contribution is 2.33. The number of nitrogens with zero attached hydrogens (tertiary/aromatic N) is 2. The van der Waals surface area contributed by atoms with Crippen LogP contribution >= 0.6 is 11.6 Å². The standard InChI is InChI=1S/C20H26ClN3O2/c1-23-8-10-24(11-9-23)15-2-4-16(5-3-15)26-19-12-14-6-7-22-20(25)17(14)13-18(19)21/h6-7,12-13,15-16H,2-5,8-11H2,1H3,(H,22,25)/t15-,16-. The van der Waals surface area contributed by atoms with Gasteiger partial charge in [0.1, 0.15) is 5.75 Å². The van der Waals surface area contributed by atoms with Gasteiger partial charge < -0.3 is 14.6 Å². The molecule has 2 heterocycles. The van der Waals surface area contributed by atoms with E-state index < -0.39 is 0 Å². The molecular weight excluding hydrogens is 350 g/mol. The summed E-state index contributed by atoms with van der Waals surface area (Å²) in [7, 11) is 2.20. The highest BCUT2D eigenvalue weighted by Gasteiger charge is 2.28. The summed E-state index contributed by atoms with van der Waals surface area (Å²) in [6.45, 7) is 4.69. The van der Waals surface area contributed by atoms with Gasteiger partial charge in [0.05, 0.1) is 11.1 Å². The quantitative estimate of drug-likeness (QED) is 0.895. The average molecular weight is 376 g/mol. The van der Waals surface area contributed by atoms with Crippen molar-refractivity contribution in [3.05, 3.63) is 39.8 Å². The summed E-state index contributed by atoms with van der Waals surface area (Å²) in [5.74, 6) is 0.688. The van der Waals surface area contributed by atoms with Crippen molar-refractivity contribution in [2.75, 3.05) is 33.2 Å². The number of benzene rings is 1. The van der Waals surface area contributed by atoms with Gasteiger partial charge in [-0.05, 0) is 56.3 Å². The fraction of sp³-hybridized carbons (Fsp3) is 0.550. The average Bonchev–Trinajstić information content (AvgIpc) is 2.65. The summed E-state index contributed by atoms with van der Waals surface area (Å²) in [5.41, 5.74) is -0.122. The smallest absolute Gasteiger partial charge is 0.255 e. The lowest BCUT2D eigenvalue weighted by atomic mass is 9.91. The molecular formula is C20H26ClN3O2. The van der Waals surface area contributed by atoms with Gasteiger partial charge in [-0.25, -0.2) is 0 Å². The van der Waals surface area contributed by atoms with Gasteiger partial charge in [-0.1, -0.05) is 11.6 Å². The highest BCUT2D eigenvalue weighted by atomic mass is 35.5. The Labute approximate surface area is 158 Å². The van der Waals surface area contributed by atoms with Crippen LogP contribution in [-0.2, 0) is 0 Å². The van der Waals surface area contributed by atoms with Gasteiger partial charge in [0.25, 0.3) is 5.56 Å². The highest BCUT2D eigenvalue weighted by molar-refractivity contribution is 6.32. The summed E-state index contributed by atoms with van der Waals surface area (Å²) >= 11 is 6.37. The first kappa shape index (κ1) is 17.8. The number of rotatable bonds is 3. The Morgan fingerprint density at radius 2 is 1.85 bits per heavy atom. The lowest BCUT2D eigenvalue weighted by Gasteiger charge is -2.41. The molecule has 1 aromatic carbocycles. The second-order valence-corrected chi connectivity index (χ2v) is 7.97. The fourth-order valence-electron chi connectivity index (χ4n) is 4.17. The number of nitrogens with one attached hydrogen (secondary N) is 1. The molecule has 2 fully saturated rings. The van der Waals surface area contributed by atoms with Crippen LogP contribution in [0.25, 0.3) is 10.8 Å². The van der Waals surface area contributed by atoms with Crippen molar-refractivity contribution in [2.45, 2.75) is 37.8 Å². The third-order valence-electron chi connectivity index (χ3n) is 5.82. The van der Waals surface area contributed by atoms with Gasteiger partial charge >= 0.3 is 0 Å². The van der Waals surface area contributed by atoms with Crippen LogP contribution in [0.3, 0.4) is 0 Å². The minimum Gasteiger partial charge on any atom is -0.489 e. The Kier molecular flexibility index (Phi) is 5.20. The summed E-state index contributed by atoms with van der Waals surface area (Å²) < 4.78 is 6.22. The first-order chi connectivity index (χ1) is 12.6. The number of H-pyrrole nitrogens is 1. The number of fused-ring (bicyclic) bond motifs is 1. The molecule has 2 aromatic rings. The van der Waals surface area contributed by atoms with Crippen molar-refractivity contribution < 1.29 is 4.74 Å². The number of ether oxygens (including phenoxy) is 1. The monoisotopic (exact) mass is 375 g/mol. The van der Waals surface area contributed by atoms with Gasteiger partial charge in [0.2, 0.25) is 0 Å². The second-order valence-electron chi connectivity index (χ2n) is 7.56. The van der Waals surface area contributed by atoms with Gasteiger partial charge in [0.15, 0.2) is 0 Å². The minimum atomic E-state index is -0.122. The largest absolute Gasteiger partial charge is 0.489 e. The molecule has 0 bridgehead atoms. The maximum Gasteiger partial charge on any atom is 0.255 e. The van der Waals surface area contributed by atoms with Gasteiger partial charge in [-0.2, -0.15) is 0 Å². The van der Waals surface area contributed by atoms with E-state index in [9.17, 15) is 4.79 Å². The molecule has 1 saturated heterocycles. The van der Waals surface area contributed by atoms with Crippen molar-refractivity contribution >= 4 is 22.4 Å². The number of likely N-dealkylation sites (N-methyl/N-ethyl adjacent to an activating group) is 1. The van der Waals surface area contributed by atoms with Gasteiger partial charge in [-0.3, -0.25) is 9.69 Å². The van der Waals surface area contributed by atoms with E-state index in [1.165, 1.54) is 39.0 Å². The molecule has 1 aliphatic carbocycles. The first-order valence-corrected chi connectivity index (χ1v) is 9.88. The molecule has 0 amide bonds. The van der Waals surface area contributed by atoms with Gasteiger partial charge in [0, 0.05) is 43.8 Å². The predicted molar refractivity (Wildman–Crippen MR) is 105 cm³/mol. The molecule has 6 heteroatoms. The van der Waals surface area contributed by atoms with Crippen LogP contribution in [0.5, 0.6) is 5.75 Å². The normalized spacial score (nSPS) is 25.5. The third kappa shape index (κ3) is 3.75. The topological polar surface area (TPSA) is 48.6 Å².